The van der Waals surface area contributed by atoms with E-state index in [1.54, 1.807) is 51.9 Å². The summed E-state index contributed by atoms with van der Waals surface area (Å²) in [7, 11) is -2.21. The van der Waals surface area contributed by atoms with E-state index in [4.69, 9.17) is 4.74 Å². The van der Waals surface area contributed by atoms with Crippen molar-refractivity contribution in [2.75, 3.05) is 33.3 Å². The van der Waals surface area contributed by atoms with Gasteiger partial charge in [-0.2, -0.15) is 4.31 Å². The number of carbonyl (C=O) groups excluding carboxylic acids is 1. The van der Waals surface area contributed by atoms with Gasteiger partial charge in [-0.3, -0.25) is 14.2 Å². The summed E-state index contributed by atoms with van der Waals surface area (Å²) in [5.41, 5.74) is 1.20. The molecule has 1 amide bonds. The number of aromatic nitrogens is 1. The van der Waals surface area contributed by atoms with Crippen molar-refractivity contribution in [1.29, 1.82) is 0 Å². The highest BCUT2D eigenvalue weighted by molar-refractivity contribution is 7.89. The topological polar surface area (TPSA) is 88.9 Å². The van der Waals surface area contributed by atoms with E-state index >= 15 is 0 Å². The number of hydrogen-bond donors (Lipinski definition) is 0. The first-order chi connectivity index (χ1) is 14.9. The Balaban J connectivity index is 1.52. The molecule has 164 valence electrons. The SMILES string of the molecule is CCn1c(=O)sc2cc(S(=O)(=O)N3CCN(C(=O)c4ccccc4OC)CC3)ccc21. The average Bonchev–Trinajstić information content (AvgIpc) is 3.12. The van der Waals surface area contributed by atoms with E-state index in [-0.39, 0.29) is 41.9 Å². The summed E-state index contributed by atoms with van der Waals surface area (Å²) in [6.07, 6.45) is 0. The van der Waals surface area contributed by atoms with E-state index in [1.165, 1.54) is 11.4 Å². The summed E-state index contributed by atoms with van der Waals surface area (Å²) in [6.45, 7) is 3.40. The molecule has 3 aromatic rings. The van der Waals surface area contributed by atoms with Crippen LogP contribution in [0.2, 0.25) is 0 Å². The van der Waals surface area contributed by atoms with Gasteiger partial charge in [0.15, 0.2) is 0 Å². The van der Waals surface area contributed by atoms with Crippen LogP contribution in [0.5, 0.6) is 5.75 Å². The van der Waals surface area contributed by atoms with Gasteiger partial charge in [0.25, 0.3) is 5.91 Å². The number of para-hydroxylation sites is 1. The van der Waals surface area contributed by atoms with Crippen LogP contribution >= 0.6 is 11.3 Å². The number of nitrogens with zero attached hydrogens (tertiary/aromatic N) is 3. The van der Waals surface area contributed by atoms with Crippen molar-refractivity contribution in [3.63, 3.8) is 0 Å². The molecule has 0 bridgehead atoms. The highest BCUT2D eigenvalue weighted by atomic mass is 32.2. The molecule has 0 saturated carbocycles. The van der Waals surface area contributed by atoms with Crippen LogP contribution in [0.15, 0.2) is 52.2 Å². The molecule has 1 aliphatic heterocycles. The van der Waals surface area contributed by atoms with Crippen molar-refractivity contribution in [3.05, 3.63) is 57.7 Å². The second kappa shape index (κ2) is 8.45. The van der Waals surface area contributed by atoms with Crippen molar-refractivity contribution < 1.29 is 17.9 Å². The number of ether oxygens (including phenoxy) is 1. The van der Waals surface area contributed by atoms with Crippen molar-refractivity contribution in [3.8, 4) is 5.75 Å². The first-order valence-corrected chi connectivity index (χ1v) is 12.2. The summed E-state index contributed by atoms with van der Waals surface area (Å²) in [6, 6.07) is 11.8. The normalized spacial score (nSPS) is 15.4. The molecule has 0 radical (unpaired) electrons. The van der Waals surface area contributed by atoms with E-state index in [0.717, 1.165) is 16.9 Å². The standard InChI is InChI=1S/C21H23N3O5S2/c1-3-24-17-9-8-15(14-19(17)30-21(24)26)31(27,28)23-12-10-22(11-13-23)20(25)16-6-4-5-7-18(16)29-2/h4-9,14H,3,10-13H2,1-2H3. The van der Waals surface area contributed by atoms with Gasteiger partial charge in [-0.05, 0) is 37.3 Å². The molecule has 8 nitrogen and oxygen atoms in total. The van der Waals surface area contributed by atoms with Crippen molar-refractivity contribution >= 4 is 37.5 Å². The van der Waals surface area contributed by atoms with E-state index in [2.05, 4.69) is 0 Å². The minimum atomic E-state index is -3.72. The predicted molar refractivity (Wildman–Crippen MR) is 119 cm³/mol. The van der Waals surface area contributed by atoms with Crippen LogP contribution in [0.1, 0.15) is 17.3 Å². The molecule has 0 aliphatic carbocycles. The molecule has 1 saturated heterocycles. The van der Waals surface area contributed by atoms with Gasteiger partial charge in [0.05, 0.1) is 27.8 Å². The summed E-state index contributed by atoms with van der Waals surface area (Å²) in [5.74, 6) is 0.315. The van der Waals surface area contributed by atoms with Gasteiger partial charge in [0.1, 0.15) is 5.75 Å². The maximum absolute atomic E-state index is 13.2. The zero-order valence-electron chi connectivity index (χ0n) is 17.3. The van der Waals surface area contributed by atoms with Crippen molar-refractivity contribution in [2.24, 2.45) is 0 Å². The number of hydrogen-bond acceptors (Lipinski definition) is 6. The average molecular weight is 462 g/mol. The highest BCUT2D eigenvalue weighted by Gasteiger charge is 2.31. The summed E-state index contributed by atoms with van der Waals surface area (Å²) in [4.78, 5) is 26.6. The molecular weight excluding hydrogens is 438 g/mol. The quantitative estimate of drug-likeness (QED) is 0.581. The number of piperazine rings is 1. The third kappa shape index (κ3) is 3.86. The number of amides is 1. The minimum absolute atomic E-state index is 0.101. The lowest BCUT2D eigenvalue weighted by atomic mass is 10.1. The monoisotopic (exact) mass is 461 g/mol. The number of aryl methyl sites for hydroxylation is 1. The molecule has 0 spiro atoms. The third-order valence-electron chi connectivity index (χ3n) is 5.46. The minimum Gasteiger partial charge on any atom is -0.496 e. The Morgan fingerprint density at radius 2 is 1.81 bits per heavy atom. The van der Waals surface area contributed by atoms with E-state index in [1.807, 2.05) is 6.92 Å². The number of rotatable bonds is 5. The number of sulfonamides is 1. The van der Waals surface area contributed by atoms with Gasteiger partial charge < -0.3 is 9.64 Å². The predicted octanol–water partition coefficient (Wildman–Crippen LogP) is 2.24. The van der Waals surface area contributed by atoms with Gasteiger partial charge in [-0.1, -0.05) is 23.5 Å². The zero-order valence-corrected chi connectivity index (χ0v) is 18.9. The summed E-state index contributed by atoms with van der Waals surface area (Å²) in [5, 5.41) is 0. The second-order valence-corrected chi connectivity index (χ2v) is 10.1. The molecule has 31 heavy (non-hydrogen) atoms. The Bertz CT molecular complexity index is 1290. The Kier molecular flexibility index (Phi) is 5.87. The molecular formula is C21H23N3O5S2. The van der Waals surface area contributed by atoms with Gasteiger partial charge in [0, 0.05) is 32.7 Å². The smallest absolute Gasteiger partial charge is 0.308 e. The Hall–Kier alpha value is -2.69. The molecule has 10 heteroatoms. The first kappa shape index (κ1) is 21.5. The maximum atomic E-state index is 13.2. The molecule has 1 aliphatic rings. The summed E-state index contributed by atoms with van der Waals surface area (Å²) >= 11 is 1.05. The van der Waals surface area contributed by atoms with Crippen LogP contribution in [0.4, 0.5) is 0 Å². The molecule has 0 N–H and O–H groups in total. The summed E-state index contributed by atoms with van der Waals surface area (Å²) < 4.78 is 35.3. The zero-order chi connectivity index (χ0) is 22.2. The fourth-order valence-electron chi connectivity index (χ4n) is 3.78. The Morgan fingerprint density at radius 1 is 1.10 bits per heavy atom. The highest BCUT2D eigenvalue weighted by Crippen LogP contribution is 2.26. The number of carbonyl (C=O) groups is 1. The van der Waals surface area contributed by atoms with Crippen LogP contribution in [-0.2, 0) is 16.6 Å². The largest absolute Gasteiger partial charge is 0.496 e. The lowest BCUT2D eigenvalue weighted by Crippen LogP contribution is -2.50. The molecule has 0 atom stereocenters. The van der Waals surface area contributed by atoms with Crippen molar-refractivity contribution in [2.45, 2.75) is 18.4 Å². The number of benzene rings is 2. The molecule has 0 unspecified atom stereocenters. The van der Waals surface area contributed by atoms with Crippen LogP contribution in [0.25, 0.3) is 10.2 Å². The number of methoxy groups -OCH3 is 1. The maximum Gasteiger partial charge on any atom is 0.308 e. The van der Waals surface area contributed by atoms with E-state index in [0.29, 0.717) is 22.6 Å². The first-order valence-electron chi connectivity index (χ1n) is 9.92. The lowest BCUT2D eigenvalue weighted by molar-refractivity contribution is 0.0694. The fourth-order valence-corrected chi connectivity index (χ4v) is 6.30. The van der Waals surface area contributed by atoms with Crippen LogP contribution in [-0.4, -0.2) is 61.4 Å². The van der Waals surface area contributed by atoms with Gasteiger partial charge in [-0.15, -0.1) is 0 Å². The molecule has 2 aromatic carbocycles. The Labute approximate surface area is 184 Å². The Morgan fingerprint density at radius 3 is 2.48 bits per heavy atom. The van der Waals surface area contributed by atoms with Gasteiger partial charge >= 0.3 is 4.87 Å². The lowest BCUT2D eigenvalue weighted by Gasteiger charge is -2.34. The van der Waals surface area contributed by atoms with Crippen molar-refractivity contribution in [1.82, 2.24) is 13.8 Å². The van der Waals surface area contributed by atoms with Crippen LogP contribution < -0.4 is 9.61 Å². The third-order valence-corrected chi connectivity index (χ3v) is 8.29. The van der Waals surface area contributed by atoms with E-state index < -0.39 is 10.0 Å². The molecule has 2 heterocycles. The molecule has 1 fully saturated rings. The second-order valence-electron chi connectivity index (χ2n) is 7.14. The van der Waals surface area contributed by atoms with Gasteiger partial charge in [-0.25, -0.2) is 8.42 Å². The van der Waals surface area contributed by atoms with E-state index in [9.17, 15) is 18.0 Å². The van der Waals surface area contributed by atoms with Crippen LogP contribution in [0.3, 0.4) is 0 Å². The fraction of sp³-hybridized carbons (Fsp3) is 0.333. The number of fused-ring (bicyclic) bond motifs is 1. The molecule has 4 rings (SSSR count). The van der Waals surface area contributed by atoms with Gasteiger partial charge in [0.2, 0.25) is 10.0 Å². The number of thiazole rings is 1. The van der Waals surface area contributed by atoms with Crippen LogP contribution in [0, 0.1) is 0 Å². The molecule has 1 aromatic heterocycles.